The number of nitrogens with zero attached hydrogens (tertiary/aromatic N) is 3. The number of sulfonamides is 1. The van der Waals surface area contributed by atoms with E-state index in [0.717, 1.165) is 65.3 Å². The molecule has 9 heteroatoms. The fourth-order valence-electron chi connectivity index (χ4n) is 5.27. The number of hydrogen-bond acceptors (Lipinski definition) is 6. The van der Waals surface area contributed by atoms with E-state index in [0.29, 0.717) is 23.7 Å². The average Bonchev–Trinajstić information content (AvgIpc) is 2.93. The molecule has 0 atom stereocenters. The number of anilines is 2. The number of aromatic nitrogens is 2. The minimum Gasteiger partial charge on any atom is -0.351 e. The zero-order chi connectivity index (χ0) is 27.7. The van der Waals surface area contributed by atoms with Crippen molar-refractivity contribution in [1.29, 1.82) is 0 Å². The van der Waals surface area contributed by atoms with Crippen molar-refractivity contribution < 1.29 is 8.42 Å². The van der Waals surface area contributed by atoms with Gasteiger partial charge in [0.1, 0.15) is 4.90 Å². The average molecular weight is 564 g/mol. The van der Waals surface area contributed by atoms with Gasteiger partial charge in [-0.05, 0) is 97.7 Å². The Hall–Kier alpha value is -3.20. The lowest BCUT2D eigenvalue weighted by atomic mass is 9.92. The summed E-state index contributed by atoms with van der Waals surface area (Å²) in [7, 11) is -2.26. The second-order valence-corrected chi connectivity index (χ2v) is 12.6. The van der Waals surface area contributed by atoms with Crippen LogP contribution in [-0.4, -0.2) is 37.5 Å². The summed E-state index contributed by atoms with van der Waals surface area (Å²) in [5, 5.41) is 4.68. The minimum atomic E-state index is -3.80. The molecule has 204 valence electrons. The SMILES string of the molecule is CCc1cc(-c2ccc(N(C)S(=O)(=O)c3ccccc3Cl)cc2C)cc2cnc(N[C@H]3CC[C@H](N)CC3)nc12. The molecule has 3 aromatic carbocycles. The van der Waals surface area contributed by atoms with E-state index < -0.39 is 10.0 Å². The van der Waals surface area contributed by atoms with Crippen LogP contribution in [0.2, 0.25) is 5.02 Å². The second kappa shape index (κ2) is 11.1. The van der Waals surface area contributed by atoms with Gasteiger partial charge in [0, 0.05) is 30.7 Å². The van der Waals surface area contributed by atoms with Gasteiger partial charge in [0.2, 0.25) is 5.95 Å². The van der Waals surface area contributed by atoms with Crippen molar-refractivity contribution in [2.24, 2.45) is 5.73 Å². The Balaban J connectivity index is 1.44. The maximum atomic E-state index is 13.2. The highest BCUT2D eigenvalue weighted by atomic mass is 35.5. The predicted molar refractivity (Wildman–Crippen MR) is 160 cm³/mol. The molecule has 39 heavy (non-hydrogen) atoms. The number of halogens is 1. The molecule has 0 unspecified atom stereocenters. The molecule has 1 saturated carbocycles. The minimum absolute atomic E-state index is 0.0823. The summed E-state index contributed by atoms with van der Waals surface area (Å²) in [6.07, 6.45) is 6.83. The van der Waals surface area contributed by atoms with Crippen LogP contribution in [0.3, 0.4) is 0 Å². The largest absolute Gasteiger partial charge is 0.351 e. The molecule has 0 radical (unpaired) electrons. The second-order valence-electron chi connectivity index (χ2n) is 10.3. The van der Waals surface area contributed by atoms with Gasteiger partial charge in [-0.1, -0.05) is 36.7 Å². The van der Waals surface area contributed by atoms with Crippen LogP contribution in [0.1, 0.15) is 43.7 Å². The highest BCUT2D eigenvalue weighted by Crippen LogP contribution is 2.34. The third-order valence-corrected chi connectivity index (χ3v) is 9.89. The van der Waals surface area contributed by atoms with Gasteiger partial charge in [0.15, 0.2) is 0 Å². The molecule has 0 bridgehead atoms. The molecule has 1 aromatic heterocycles. The van der Waals surface area contributed by atoms with Gasteiger partial charge < -0.3 is 11.1 Å². The van der Waals surface area contributed by atoms with Crippen LogP contribution in [0, 0.1) is 6.92 Å². The molecular weight excluding hydrogens is 530 g/mol. The van der Waals surface area contributed by atoms with Crippen molar-refractivity contribution >= 4 is 44.2 Å². The molecule has 7 nitrogen and oxygen atoms in total. The standard InChI is InChI=1S/C30H34ClN5O2S/c1-4-20-16-21(17-22-18-33-30(35-29(20)22)34-24-11-9-23(32)10-12-24)26-14-13-25(15-19(26)2)36(3)39(37,38)28-8-6-5-7-27(28)31/h5-8,13-18,23-24H,4,9-12,32H2,1-3H3,(H,33,34,35)/t23-,24-. The van der Waals surface area contributed by atoms with E-state index in [9.17, 15) is 8.42 Å². The van der Waals surface area contributed by atoms with E-state index in [4.69, 9.17) is 22.3 Å². The number of aryl methyl sites for hydroxylation is 2. The van der Waals surface area contributed by atoms with Crippen molar-refractivity contribution in [3.8, 4) is 11.1 Å². The summed E-state index contributed by atoms with van der Waals surface area (Å²) in [6.45, 7) is 4.12. The fourth-order valence-corrected chi connectivity index (χ4v) is 6.95. The number of fused-ring (bicyclic) bond motifs is 1. The Labute approximate surface area is 235 Å². The maximum Gasteiger partial charge on any atom is 0.265 e. The van der Waals surface area contributed by atoms with Crippen LogP contribution < -0.4 is 15.4 Å². The van der Waals surface area contributed by atoms with E-state index in [1.54, 1.807) is 25.2 Å². The lowest BCUT2D eigenvalue weighted by molar-refractivity contribution is 0.410. The topological polar surface area (TPSA) is 101 Å². The highest BCUT2D eigenvalue weighted by molar-refractivity contribution is 7.93. The number of hydrogen-bond donors (Lipinski definition) is 2. The number of benzene rings is 3. The van der Waals surface area contributed by atoms with E-state index in [2.05, 4.69) is 29.4 Å². The van der Waals surface area contributed by atoms with Gasteiger partial charge in [-0.3, -0.25) is 4.31 Å². The van der Waals surface area contributed by atoms with Gasteiger partial charge in [-0.2, -0.15) is 0 Å². The lowest BCUT2D eigenvalue weighted by Crippen LogP contribution is -2.33. The van der Waals surface area contributed by atoms with Gasteiger partial charge >= 0.3 is 0 Å². The van der Waals surface area contributed by atoms with Gasteiger partial charge in [0.05, 0.1) is 16.2 Å². The molecule has 1 aliphatic carbocycles. The number of nitrogens with one attached hydrogen (secondary N) is 1. The summed E-state index contributed by atoms with van der Waals surface area (Å²) in [6, 6.07) is 17.1. The maximum absolute atomic E-state index is 13.2. The summed E-state index contributed by atoms with van der Waals surface area (Å²) in [5.74, 6) is 0.661. The van der Waals surface area contributed by atoms with Crippen molar-refractivity contribution in [3.05, 3.63) is 76.9 Å². The van der Waals surface area contributed by atoms with E-state index in [-0.39, 0.29) is 9.92 Å². The molecule has 0 amide bonds. The number of rotatable bonds is 7. The quantitative estimate of drug-likeness (QED) is 0.272. The molecule has 1 aliphatic rings. The van der Waals surface area contributed by atoms with Crippen LogP contribution >= 0.6 is 11.6 Å². The van der Waals surface area contributed by atoms with E-state index in [1.807, 2.05) is 31.3 Å². The smallest absolute Gasteiger partial charge is 0.265 e. The molecule has 1 heterocycles. The summed E-state index contributed by atoms with van der Waals surface area (Å²) < 4.78 is 27.7. The molecule has 0 spiro atoms. The van der Waals surface area contributed by atoms with Crippen LogP contribution in [-0.2, 0) is 16.4 Å². The summed E-state index contributed by atoms with van der Waals surface area (Å²) in [5.41, 5.74) is 11.7. The van der Waals surface area contributed by atoms with Crippen molar-refractivity contribution in [1.82, 2.24) is 9.97 Å². The first-order chi connectivity index (χ1) is 18.7. The zero-order valence-electron chi connectivity index (χ0n) is 22.5. The normalized spacial score (nSPS) is 17.8. The molecule has 0 aliphatic heterocycles. The van der Waals surface area contributed by atoms with Crippen molar-refractivity contribution in [3.63, 3.8) is 0 Å². The molecule has 0 saturated heterocycles. The third-order valence-electron chi connectivity index (χ3n) is 7.61. The van der Waals surface area contributed by atoms with E-state index >= 15 is 0 Å². The Morgan fingerprint density at radius 3 is 2.51 bits per heavy atom. The Morgan fingerprint density at radius 1 is 1.08 bits per heavy atom. The zero-order valence-corrected chi connectivity index (χ0v) is 24.1. The molecular formula is C30H34ClN5O2S. The molecule has 4 aromatic rings. The van der Waals surface area contributed by atoms with Crippen molar-refractivity contribution in [2.45, 2.75) is 62.9 Å². The predicted octanol–water partition coefficient (Wildman–Crippen LogP) is 6.33. The van der Waals surface area contributed by atoms with E-state index in [1.165, 1.54) is 10.4 Å². The van der Waals surface area contributed by atoms with Crippen LogP contribution in [0.4, 0.5) is 11.6 Å². The van der Waals surface area contributed by atoms with Crippen LogP contribution in [0.5, 0.6) is 0 Å². The summed E-state index contributed by atoms with van der Waals surface area (Å²) >= 11 is 6.19. The Morgan fingerprint density at radius 2 is 1.82 bits per heavy atom. The van der Waals surface area contributed by atoms with Gasteiger partial charge in [0.25, 0.3) is 10.0 Å². The molecule has 3 N–H and O–H groups in total. The highest BCUT2D eigenvalue weighted by Gasteiger charge is 2.24. The number of nitrogens with two attached hydrogens (primary N) is 1. The van der Waals surface area contributed by atoms with Crippen LogP contribution in [0.15, 0.2) is 65.7 Å². The summed E-state index contributed by atoms with van der Waals surface area (Å²) in [4.78, 5) is 9.58. The first-order valence-corrected chi connectivity index (χ1v) is 15.2. The fraction of sp³-hybridized carbons (Fsp3) is 0.333. The Kier molecular flexibility index (Phi) is 7.80. The van der Waals surface area contributed by atoms with Crippen molar-refractivity contribution in [2.75, 3.05) is 16.7 Å². The Bertz CT molecular complexity index is 1620. The molecule has 5 rings (SSSR count). The molecule has 1 fully saturated rings. The monoisotopic (exact) mass is 563 g/mol. The first kappa shape index (κ1) is 27.4. The van der Waals surface area contributed by atoms with Crippen LogP contribution in [0.25, 0.3) is 22.0 Å². The first-order valence-electron chi connectivity index (χ1n) is 13.3. The van der Waals surface area contributed by atoms with Gasteiger partial charge in [-0.25, -0.2) is 18.4 Å². The third kappa shape index (κ3) is 5.60. The lowest BCUT2D eigenvalue weighted by Gasteiger charge is -2.26. The van der Waals surface area contributed by atoms with Gasteiger partial charge in [-0.15, -0.1) is 0 Å².